The number of nitro groups is 1. The molecule has 0 aliphatic heterocycles. The minimum absolute atomic E-state index is 0.0195. The summed E-state index contributed by atoms with van der Waals surface area (Å²) in [5.74, 6) is -0.826. The number of unbranched alkanes of at least 4 members (excludes halogenated alkanes) is 2. The predicted molar refractivity (Wildman–Crippen MR) is 77.3 cm³/mol. The molecule has 1 aromatic rings. The molecule has 21 heavy (non-hydrogen) atoms. The first kappa shape index (κ1) is 16.6. The highest BCUT2D eigenvalue weighted by molar-refractivity contribution is 5.76. The van der Waals surface area contributed by atoms with E-state index in [1.807, 2.05) is 0 Å². The SMILES string of the molecule is Cc1cc(N(C=O)CCCCCC(=O)O)ccc1[N+](=O)[O-]. The summed E-state index contributed by atoms with van der Waals surface area (Å²) in [6.07, 6.45) is 2.77. The fourth-order valence-electron chi connectivity index (χ4n) is 2.00. The van der Waals surface area contributed by atoms with Gasteiger partial charge in [-0.1, -0.05) is 6.42 Å². The van der Waals surface area contributed by atoms with Crippen LogP contribution in [-0.4, -0.2) is 29.0 Å². The van der Waals surface area contributed by atoms with Gasteiger partial charge in [0.1, 0.15) is 0 Å². The molecule has 0 fully saturated rings. The molecule has 0 bridgehead atoms. The summed E-state index contributed by atoms with van der Waals surface area (Å²) in [6, 6.07) is 4.52. The largest absolute Gasteiger partial charge is 0.481 e. The summed E-state index contributed by atoms with van der Waals surface area (Å²) in [5.41, 5.74) is 1.12. The van der Waals surface area contributed by atoms with E-state index < -0.39 is 10.9 Å². The van der Waals surface area contributed by atoms with E-state index in [1.165, 1.54) is 17.0 Å². The second kappa shape index (κ2) is 7.98. The molecule has 0 atom stereocenters. The van der Waals surface area contributed by atoms with Crippen LogP contribution in [0.25, 0.3) is 0 Å². The van der Waals surface area contributed by atoms with Gasteiger partial charge in [0, 0.05) is 30.3 Å². The molecular formula is C14H18N2O5. The third-order valence-electron chi connectivity index (χ3n) is 3.13. The van der Waals surface area contributed by atoms with Crippen molar-refractivity contribution in [1.29, 1.82) is 0 Å². The minimum atomic E-state index is -0.826. The Morgan fingerprint density at radius 2 is 2.10 bits per heavy atom. The van der Waals surface area contributed by atoms with Gasteiger partial charge in [0.2, 0.25) is 6.41 Å². The van der Waals surface area contributed by atoms with E-state index in [-0.39, 0.29) is 12.1 Å². The molecule has 114 valence electrons. The maximum atomic E-state index is 11.1. The number of amides is 1. The van der Waals surface area contributed by atoms with Crippen LogP contribution in [0.4, 0.5) is 11.4 Å². The van der Waals surface area contributed by atoms with E-state index in [0.29, 0.717) is 43.5 Å². The van der Waals surface area contributed by atoms with Crippen LogP contribution in [-0.2, 0) is 9.59 Å². The van der Waals surface area contributed by atoms with Crippen molar-refractivity contribution in [3.05, 3.63) is 33.9 Å². The van der Waals surface area contributed by atoms with Crippen molar-refractivity contribution in [1.82, 2.24) is 0 Å². The first-order valence-corrected chi connectivity index (χ1v) is 6.64. The number of carboxylic acid groups (broad SMARTS) is 1. The number of carboxylic acids is 1. The third-order valence-corrected chi connectivity index (χ3v) is 3.13. The fraction of sp³-hybridized carbons (Fsp3) is 0.429. The number of hydrogen-bond acceptors (Lipinski definition) is 4. The second-order valence-corrected chi connectivity index (χ2v) is 4.73. The van der Waals surface area contributed by atoms with E-state index in [4.69, 9.17) is 5.11 Å². The van der Waals surface area contributed by atoms with Gasteiger partial charge >= 0.3 is 5.97 Å². The quantitative estimate of drug-likeness (QED) is 0.326. The van der Waals surface area contributed by atoms with Gasteiger partial charge in [-0.15, -0.1) is 0 Å². The van der Waals surface area contributed by atoms with Crippen LogP contribution >= 0.6 is 0 Å². The van der Waals surface area contributed by atoms with Crippen molar-refractivity contribution in [2.75, 3.05) is 11.4 Å². The van der Waals surface area contributed by atoms with Gasteiger partial charge in [-0.05, 0) is 31.9 Å². The molecule has 1 amide bonds. The normalized spacial score (nSPS) is 10.1. The molecule has 0 unspecified atom stereocenters. The summed E-state index contributed by atoms with van der Waals surface area (Å²) < 4.78 is 0. The molecule has 0 radical (unpaired) electrons. The highest BCUT2D eigenvalue weighted by atomic mass is 16.6. The zero-order chi connectivity index (χ0) is 15.8. The monoisotopic (exact) mass is 294 g/mol. The van der Waals surface area contributed by atoms with Gasteiger partial charge in [-0.3, -0.25) is 19.7 Å². The van der Waals surface area contributed by atoms with Gasteiger partial charge in [0.05, 0.1) is 4.92 Å². The summed E-state index contributed by atoms with van der Waals surface area (Å²) in [5, 5.41) is 19.3. The molecule has 0 aliphatic rings. The third kappa shape index (κ3) is 5.21. The Bertz CT molecular complexity index is 530. The standard InChI is InChI=1S/C14H18N2O5/c1-11-9-12(6-7-13(11)16(20)21)15(10-17)8-4-2-3-5-14(18)19/h6-7,9-10H,2-5,8H2,1H3,(H,18,19). The van der Waals surface area contributed by atoms with Crippen LogP contribution in [0.3, 0.4) is 0 Å². The Balaban J connectivity index is 2.60. The molecule has 1 N–H and O–H groups in total. The Morgan fingerprint density at radius 3 is 2.62 bits per heavy atom. The molecule has 0 saturated heterocycles. The lowest BCUT2D eigenvalue weighted by atomic mass is 10.1. The Labute approximate surface area is 122 Å². The van der Waals surface area contributed by atoms with E-state index in [1.54, 1.807) is 13.0 Å². The average Bonchev–Trinajstić information content (AvgIpc) is 2.42. The number of carbonyl (C=O) groups excluding carboxylic acids is 1. The average molecular weight is 294 g/mol. The lowest BCUT2D eigenvalue weighted by molar-refractivity contribution is -0.385. The fourth-order valence-corrected chi connectivity index (χ4v) is 2.00. The van der Waals surface area contributed by atoms with Crippen LogP contribution in [0.1, 0.15) is 31.2 Å². The van der Waals surface area contributed by atoms with Gasteiger partial charge in [0.25, 0.3) is 5.69 Å². The Hall–Kier alpha value is -2.44. The van der Waals surface area contributed by atoms with Crippen LogP contribution in [0, 0.1) is 17.0 Å². The number of hydrogen-bond donors (Lipinski definition) is 1. The summed E-state index contributed by atoms with van der Waals surface area (Å²) in [7, 11) is 0. The molecular weight excluding hydrogens is 276 g/mol. The maximum Gasteiger partial charge on any atom is 0.303 e. The Kier molecular flexibility index (Phi) is 6.32. The Morgan fingerprint density at radius 1 is 1.38 bits per heavy atom. The summed E-state index contributed by atoms with van der Waals surface area (Å²) >= 11 is 0. The molecule has 0 aromatic heterocycles. The van der Waals surface area contributed by atoms with Crippen molar-refractivity contribution in [2.45, 2.75) is 32.6 Å². The van der Waals surface area contributed by atoms with E-state index in [9.17, 15) is 19.7 Å². The molecule has 1 aromatic carbocycles. The van der Waals surface area contributed by atoms with Crippen molar-refractivity contribution in [3.63, 3.8) is 0 Å². The second-order valence-electron chi connectivity index (χ2n) is 4.73. The van der Waals surface area contributed by atoms with Crippen molar-refractivity contribution >= 4 is 23.8 Å². The van der Waals surface area contributed by atoms with Crippen molar-refractivity contribution in [3.8, 4) is 0 Å². The van der Waals surface area contributed by atoms with E-state index in [0.717, 1.165) is 0 Å². The van der Waals surface area contributed by atoms with Gasteiger partial charge in [-0.2, -0.15) is 0 Å². The highest BCUT2D eigenvalue weighted by Gasteiger charge is 2.13. The van der Waals surface area contributed by atoms with E-state index >= 15 is 0 Å². The topological polar surface area (TPSA) is 101 Å². The number of nitro benzene ring substituents is 1. The maximum absolute atomic E-state index is 11.1. The lowest BCUT2D eigenvalue weighted by Gasteiger charge is -2.17. The first-order valence-electron chi connectivity index (χ1n) is 6.64. The van der Waals surface area contributed by atoms with Crippen molar-refractivity contribution < 1.29 is 19.6 Å². The van der Waals surface area contributed by atoms with Crippen molar-refractivity contribution in [2.24, 2.45) is 0 Å². The molecule has 7 nitrogen and oxygen atoms in total. The number of carbonyl (C=O) groups is 2. The summed E-state index contributed by atoms with van der Waals surface area (Å²) in [6.45, 7) is 2.08. The molecule has 0 aliphatic carbocycles. The van der Waals surface area contributed by atoms with Crippen LogP contribution in [0.2, 0.25) is 0 Å². The highest BCUT2D eigenvalue weighted by Crippen LogP contribution is 2.24. The number of aryl methyl sites for hydroxylation is 1. The number of aliphatic carboxylic acids is 1. The van der Waals surface area contributed by atoms with E-state index in [2.05, 4.69) is 0 Å². The van der Waals surface area contributed by atoms with Gasteiger partial charge < -0.3 is 10.0 Å². The summed E-state index contributed by atoms with van der Waals surface area (Å²) in [4.78, 5) is 33.2. The zero-order valence-electron chi connectivity index (χ0n) is 11.8. The number of anilines is 1. The molecule has 0 heterocycles. The number of nitrogens with zero attached hydrogens (tertiary/aromatic N) is 2. The zero-order valence-corrected chi connectivity index (χ0v) is 11.8. The first-order chi connectivity index (χ1) is 9.95. The smallest absolute Gasteiger partial charge is 0.303 e. The minimum Gasteiger partial charge on any atom is -0.481 e. The molecule has 0 spiro atoms. The van der Waals surface area contributed by atoms with Gasteiger partial charge in [0.15, 0.2) is 0 Å². The predicted octanol–water partition coefficient (Wildman–Crippen LogP) is 2.51. The van der Waals surface area contributed by atoms with Crippen LogP contribution < -0.4 is 4.90 Å². The van der Waals surface area contributed by atoms with Crippen LogP contribution in [0.15, 0.2) is 18.2 Å². The number of benzene rings is 1. The van der Waals surface area contributed by atoms with Gasteiger partial charge in [-0.25, -0.2) is 0 Å². The van der Waals surface area contributed by atoms with Crippen LogP contribution in [0.5, 0.6) is 0 Å². The molecule has 7 heteroatoms. The molecule has 0 saturated carbocycles. The lowest BCUT2D eigenvalue weighted by Crippen LogP contribution is -2.22. The molecule has 1 rings (SSSR count). The number of rotatable bonds is 9.